The Morgan fingerprint density at radius 3 is 2.41 bits per heavy atom. The minimum Gasteiger partial charge on any atom is -0.508 e. The molecule has 0 saturated heterocycles. The van der Waals surface area contributed by atoms with Crippen LogP contribution in [0.1, 0.15) is 51.5 Å². The Hall–Kier alpha value is -0.980. The summed E-state index contributed by atoms with van der Waals surface area (Å²) in [6.07, 6.45) is 3.88. The molecule has 0 aliphatic heterocycles. The molecule has 0 aromatic heterocycles. The molecule has 1 aromatic rings. The molecule has 1 heteroatoms. The fraction of sp³-hybridized carbons (Fsp3) is 0.625. The first-order valence-corrected chi connectivity index (χ1v) is 6.70. The number of benzene rings is 1. The summed E-state index contributed by atoms with van der Waals surface area (Å²) in [6.45, 7) is 7.23. The molecule has 2 fully saturated rings. The molecule has 1 aromatic carbocycles. The molecule has 0 heterocycles. The summed E-state index contributed by atoms with van der Waals surface area (Å²) < 4.78 is 0. The van der Waals surface area contributed by atoms with Crippen molar-refractivity contribution in [1.29, 1.82) is 0 Å². The fourth-order valence-corrected chi connectivity index (χ4v) is 4.62. The van der Waals surface area contributed by atoms with Gasteiger partial charge in [-0.15, -0.1) is 0 Å². The zero-order valence-electron chi connectivity index (χ0n) is 11.0. The first-order valence-electron chi connectivity index (χ1n) is 6.70. The molecule has 0 unspecified atom stereocenters. The van der Waals surface area contributed by atoms with E-state index in [4.69, 9.17) is 0 Å². The first-order chi connectivity index (χ1) is 7.92. The molecule has 2 aliphatic rings. The Morgan fingerprint density at radius 1 is 1.18 bits per heavy atom. The van der Waals surface area contributed by atoms with Gasteiger partial charge in [0.2, 0.25) is 0 Å². The van der Waals surface area contributed by atoms with Crippen molar-refractivity contribution in [2.24, 2.45) is 16.7 Å². The highest BCUT2D eigenvalue weighted by molar-refractivity contribution is 5.38. The van der Waals surface area contributed by atoms with Crippen molar-refractivity contribution in [3.8, 4) is 5.75 Å². The highest BCUT2D eigenvalue weighted by Crippen LogP contribution is 2.68. The Kier molecular flexibility index (Phi) is 2.14. The third-order valence-electron chi connectivity index (χ3n) is 5.35. The maximum Gasteiger partial charge on any atom is 0.119 e. The van der Waals surface area contributed by atoms with Gasteiger partial charge in [0.15, 0.2) is 0 Å². The summed E-state index contributed by atoms with van der Waals surface area (Å²) in [5, 5.41) is 10.0. The third kappa shape index (κ3) is 1.51. The van der Waals surface area contributed by atoms with Crippen molar-refractivity contribution in [2.45, 2.75) is 46.0 Å². The van der Waals surface area contributed by atoms with Crippen LogP contribution in [0.4, 0.5) is 0 Å². The van der Waals surface area contributed by atoms with Gasteiger partial charge in [-0.05, 0) is 53.6 Å². The summed E-state index contributed by atoms with van der Waals surface area (Å²) in [5.41, 5.74) is 2.07. The van der Waals surface area contributed by atoms with Gasteiger partial charge < -0.3 is 5.11 Å². The van der Waals surface area contributed by atoms with Crippen LogP contribution in [0.2, 0.25) is 0 Å². The third-order valence-corrected chi connectivity index (χ3v) is 5.35. The lowest BCUT2D eigenvalue weighted by Gasteiger charge is -2.39. The van der Waals surface area contributed by atoms with E-state index in [9.17, 15) is 5.11 Å². The maximum absolute atomic E-state index is 10.0. The minimum atomic E-state index is 0.396. The summed E-state index contributed by atoms with van der Waals surface area (Å²) in [5.74, 6) is 1.88. The number of fused-ring (bicyclic) bond motifs is 2. The number of aromatic hydroxyl groups is 1. The molecule has 2 bridgehead atoms. The number of phenols is 1. The highest BCUT2D eigenvalue weighted by Gasteiger charge is 2.57. The van der Waals surface area contributed by atoms with Gasteiger partial charge >= 0.3 is 0 Å². The Morgan fingerprint density at radius 2 is 1.88 bits per heavy atom. The van der Waals surface area contributed by atoms with Gasteiger partial charge in [-0.2, -0.15) is 0 Å². The first kappa shape index (κ1) is 11.1. The molecular weight excluding hydrogens is 208 g/mol. The van der Waals surface area contributed by atoms with E-state index in [1.54, 1.807) is 0 Å². The van der Waals surface area contributed by atoms with E-state index in [0.29, 0.717) is 22.5 Å². The van der Waals surface area contributed by atoms with Crippen molar-refractivity contribution in [3.63, 3.8) is 0 Å². The summed E-state index contributed by atoms with van der Waals surface area (Å²) >= 11 is 0. The second-order valence-corrected chi connectivity index (χ2v) is 7.07. The monoisotopic (exact) mass is 230 g/mol. The molecule has 0 amide bonds. The second-order valence-electron chi connectivity index (χ2n) is 7.07. The van der Waals surface area contributed by atoms with Crippen LogP contribution in [-0.2, 0) is 0 Å². The summed E-state index contributed by atoms with van der Waals surface area (Å²) in [4.78, 5) is 0. The lowest BCUT2D eigenvalue weighted by atomic mass is 9.65. The van der Waals surface area contributed by atoms with Crippen LogP contribution >= 0.6 is 0 Å². The molecule has 1 nitrogen and oxygen atoms in total. The molecule has 0 spiro atoms. The van der Waals surface area contributed by atoms with Gasteiger partial charge in [-0.25, -0.2) is 0 Å². The minimum absolute atomic E-state index is 0.396. The largest absolute Gasteiger partial charge is 0.508 e. The average Bonchev–Trinajstić information content (AvgIpc) is 2.66. The van der Waals surface area contributed by atoms with Gasteiger partial charge in [-0.1, -0.05) is 39.0 Å². The van der Waals surface area contributed by atoms with E-state index in [1.165, 1.54) is 24.8 Å². The van der Waals surface area contributed by atoms with E-state index < -0.39 is 0 Å². The molecule has 1 N–H and O–H groups in total. The fourth-order valence-electron chi connectivity index (χ4n) is 4.62. The Labute approximate surface area is 104 Å². The zero-order valence-corrected chi connectivity index (χ0v) is 11.0. The normalized spacial score (nSPS) is 38.5. The van der Waals surface area contributed by atoms with E-state index in [0.717, 1.165) is 5.92 Å². The smallest absolute Gasteiger partial charge is 0.119 e. The van der Waals surface area contributed by atoms with E-state index in [2.05, 4.69) is 32.9 Å². The van der Waals surface area contributed by atoms with Crippen LogP contribution in [0, 0.1) is 16.7 Å². The molecular formula is C16H22O. The SMILES string of the molecule is CC1(C)C[C@]2(C)C[C@H]1C[C@@H]2c1ccccc1O. The zero-order chi connectivity index (χ0) is 12.3. The predicted molar refractivity (Wildman–Crippen MR) is 70.1 cm³/mol. The lowest BCUT2D eigenvalue weighted by Crippen LogP contribution is -2.28. The molecule has 2 aliphatic carbocycles. The van der Waals surface area contributed by atoms with E-state index in [1.807, 2.05) is 12.1 Å². The Balaban J connectivity index is 1.97. The number of para-hydroxylation sites is 1. The second kappa shape index (κ2) is 3.28. The van der Waals surface area contributed by atoms with Crippen LogP contribution in [0.25, 0.3) is 0 Å². The Bertz CT molecular complexity index is 449. The van der Waals surface area contributed by atoms with Crippen molar-refractivity contribution < 1.29 is 5.11 Å². The van der Waals surface area contributed by atoms with Crippen molar-refractivity contribution in [1.82, 2.24) is 0 Å². The number of phenolic OH excluding ortho intramolecular Hbond substituents is 1. The van der Waals surface area contributed by atoms with Crippen LogP contribution < -0.4 is 0 Å². The van der Waals surface area contributed by atoms with Gasteiger partial charge in [0.25, 0.3) is 0 Å². The van der Waals surface area contributed by atoms with Gasteiger partial charge in [0, 0.05) is 0 Å². The quantitative estimate of drug-likeness (QED) is 0.761. The van der Waals surface area contributed by atoms with Gasteiger partial charge in [0.05, 0.1) is 0 Å². The van der Waals surface area contributed by atoms with E-state index in [-0.39, 0.29) is 0 Å². The van der Waals surface area contributed by atoms with Crippen LogP contribution in [0.3, 0.4) is 0 Å². The summed E-state index contributed by atoms with van der Waals surface area (Å²) in [7, 11) is 0. The molecule has 0 radical (unpaired) electrons. The highest BCUT2D eigenvalue weighted by atomic mass is 16.3. The summed E-state index contributed by atoms with van der Waals surface area (Å²) in [6, 6.07) is 7.91. The van der Waals surface area contributed by atoms with Crippen molar-refractivity contribution >= 4 is 0 Å². The average molecular weight is 230 g/mol. The van der Waals surface area contributed by atoms with Gasteiger partial charge in [-0.3, -0.25) is 0 Å². The van der Waals surface area contributed by atoms with Crippen LogP contribution in [-0.4, -0.2) is 5.11 Å². The van der Waals surface area contributed by atoms with E-state index >= 15 is 0 Å². The molecule has 92 valence electrons. The van der Waals surface area contributed by atoms with Crippen LogP contribution in [0.15, 0.2) is 24.3 Å². The number of hydrogen-bond acceptors (Lipinski definition) is 1. The standard InChI is InChI=1S/C16H22O/c1-15(2)10-16(3)9-11(15)8-13(16)12-6-4-5-7-14(12)17/h4-7,11,13,17H,8-10H2,1-3H3/t11-,13-,16+/m1/s1. The number of rotatable bonds is 1. The number of hydrogen-bond donors (Lipinski definition) is 1. The topological polar surface area (TPSA) is 20.2 Å². The van der Waals surface area contributed by atoms with Crippen molar-refractivity contribution in [2.75, 3.05) is 0 Å². The molecule has 2 saturated carbocycles. The maximum atomic E-state index is 10.0. The molecule has 3 rings (SSSR count). The molecule has 3 atom stereocenters. The predicted octanol–water partition coefficient (Wildman–Crippen LogP) is 4.32. The van der Waals surface area contributed by atoms with Crippen LogP contribution in [0.5, 0.6) is 5.75 Å². The van der Waals surface area contributed by atoms with Gasteiger partial charge in [0.1, 0.15) is 5.75 Å². The lowest BCUT2D eigenvalue weighted by molar-refractivity contribution is 0.156. The van der Waals surface area contributed by atoms with Crippen molar-refractivity contribution in [3.05, 3.63) is 29.8 Å². The molecule has 17 heavy (non-hydrogen) atoms.